The maximum Gasteiger partial charge on any atom is 0.260 e. The molecule has 2 N–H and O–H groups in total. The fraction of sp³-hybridized carbons (Fsp3) is 0.579. The maximum absolute atomic E-state index is 12.4. The number of ether oxygens (including phenoxy) is 1. The smallest absolute Gasteiger partial charge is 0.260 e. The molecule has 0 bridgehead atoms. The van der Waals surface area contributed by atoms with Crippen molar-refractivity contribution in [2.45, 2.75) is 31.7 Å². The number of hydrogen-bond acceptors (Lipinski definition) is 4. The lowest BCUT2D eigenvalue weighted by Crippen LogP contribution is -2.50. The number of hydrogen-bond donors (Lipinski definition) is 2. The van der Waals surface area contributed by atoms with E-state index >= 15 is 0 Å². The Balaban J connectivity index is 1.38. The summed E-state index contributed by atoms with van der Waals surface area (Å²) >= 11 is 0. The van der Waals surface area contributed by atoms with Crippen LogP contribution in [0.1, 0.15) is 25.7 Å². The minimum Gasteiger partial charge on any atom is -0.484 e. The van der Waals surface area contributed by atoms with Crippen LogP contribution in [-0.4, -0.2) is 55.5 Å². The molecule has 2 amide bonds. The van der Waals surface area contributed by atoms with Crippen molar-refractivity contribution >= 4 is 11.8 Å². The van der Waals surface area contributed by atoms with Gasteiger partial charge in [-0.05, 0) is 44.4 Å². The van der Waals surface area contributed by atoms with Gasteiger partial charge in [0, 0.05) is 31.6 Å². The van der Waals surface area contributed by atoms with Crippen LogP contribution in [0.5, 0.6) is 5.75 Å². The fourth-order valence-electron chi connectivity index (χ4n) is 3.44. The lowest BCUT2D eigenvalue weighted by molar-refractivity contribution is -0.137. The molecule has 2 saturated heterocycles. The lowest BCUT2D eigenvalue weighted by atomic mass is 9.95. The number of amides is 2. The van der Waals surface area contributed by atoms with Crippen molar-refractivity contribution in [3.63, 3.8) is 0 Å². The third-order valence-electron chi connectivity index (χ3n) is 4.97. The Labute approximate surface area is 148 Å². The molecule has 1 aromatic carbocycles. The highest BCUT2D eigenvalue weighted by Crippen LogP contribution is 2.18. The quantitative estimate of drug-likeness (QED) is 0.840. The van der Waals surface area contributed by atoms with Crippen LogP contribution in [0.3, 0.4) is 0 Å². The molecule has 3 rings (SSSR count). The number of rotatable bonds is 5. The monoisotopic (exact) mass is 345 g/mol. The number of carbonyl (C=O) groups is 2. The molecule has 2 aliphatic heterocycles. The Hall–Kier alpha value is -2.08. The molecule has 0 spiro atoms. The van der Waals surface area contributed by atoms with Gasteiger partial charge in [0.2, 0.25) is 5.91 Å². The van der Waals surface area contributed by atoms with E-state index in [9.17, 15) is 9.59 Å². The number of para-hydroxylation sites is 1. The van der Waals surface area contributed by atoms with Crippen LogP contribution in [0.4, 0.5) is 0 Å². The predicted octanol–water partition coefficient (Wildman–Crippen LogP) is 1.17. The molecule has 0 unspecified atom stereocenters. The Morgan fingerprint density at radius 3 is 2.60 bits per heavy atom. The average Bonchev–Trinajstić information content (AvgIpc) is 2.68. The van der Waals surface area contributed by atoms with Gasteiger partial charge >= 0.3 is 0 Å². The summed E-state index contributed by atoms with van der Waals surface area (Å²) < 4.78 is 5.52. The van der Waals surface area contributed by atoms with Crippen LogP contribution in [0.15, 0.2) is 30.3 Å². The first-order valence-electron chi connectivity index (χ1n) is 9.19. The first kappa shape index (κ1) is 17.7. The van der Waals surface area contributed by atoms with Gasteiger partial charge in [0.25, 0.3) is 5.91 Å². The molecule has 1 atom stereocenters. The highest BCUT2D eigenvalue weighted by Gasteiger charge is 2.28. The Morgan fingerprint density at radius 1 is 1.16 bits per heavy atom. The molecule has 6 heteroatoms. The topological polar surface area (TPSA) is 70.7 Å². The summed E-state index contributed by atoms with van der Waals surface area (Å²) in [4.78, 5) is 26.4. The summed E-state index contributed by atoms with van der Waals surface area (Å²) in [5.74, 6) is 0.841. The van der Waals surface area contributed by atoms with Crippen LogP contribution in [0.25, 0.3) is 0 Å². The van der Waals surface area contributed by atoms with Crippen LogP contribution in [0.2, 0.25) is 0 Å². The number of nitrogens with one attached hydrogen (secondary N) is 2. The molecule has 2 heterocycles. The zero-order valence-electron chi connectivity index (χ0n) is 14.6. The summed E-state index contributed by atoms with van der Waals surface area (Å²) in [5.41, 5.74) is 0. The zero-order chi connectivity index (χ0) is 17.5. The number of piperidine rings is 2. The highest BCUT2D eigenvalue weighted by atomic mass is 16.5. The Kier molecular flexibility index (Phi) is 6.28. The number of likely N-dealkylation sites (tertiary alicyclic amines) is 1. The van der Waals surface area contributed by atoms with Crippen LogP contribution >= 0.6 is 0 Å². The maximum atomic E-state index is 12.4. The fourth-order valence-corrected chi connectivity index (χ4v) is 3.44. The van der Waals surface area contributed by atoms with Crippen LogP contribution in [-0.2, 0) is 9.59 Å². The van der Waals surface area contributed by atoms with Gasteiger partial charge in [-0.3, -0.25) is 9.59 Å². The van der Waals surface area contributed by atoms with E-state index in [1.165, 1.54) is 0 Å². The van der Waals surface area contributed by atoms with E-state index in [0.717, 1.165) is 38.8 Å². The van der Waals surface area contributed by atoms with Gasteiger partial charge in [0.1, 0.15) is 5.75 Å². The van der Waals surface area contributed by atoms with E-state index in [2.05, 4.69) is 10.6 Å². The van der Waals surface area contributed by atoms with E-state index < -0.39 is 0 Å². The van der Waals surface area contributed by atoms with Crippen LogP contribution < -0.4 is 15.4 Å². The molecule has 0 aromatic heterocycles. The Bertz CT molecular complexity index is 565. The molecule has 0 radical (unpaired) electrons. The van der Waals surface area contributed by atoms with Crippen molar-refractivity contribution in [2.24, 2.45) is 5.92 Å². The third-order valence-corrected chi connectivity index (χ3v) is 4.97. The van der Waals surface area contributed by atoms with Crippen molar-refractivity contribution in [3.05, 3.63) is 30.3 Å². The SMILES string of the molecule is O=C(N[C@H]1CCCNC1)C1CCN(C(=O)COc2ccccc2)CC1. The Morgan fingerprint density at radius 2 is 1.92 bits per heavy atom. The normalized spacial score (nSPS) is 21.6. The number of carbonyl (C=O) groups excluding carboxylic acids is 2. The molecular weight excluding hydrogens is 318 g/mol. The largest absolute Gasteiger partial charge is 0.484 e. The second-order valence-electron chi connectivity index (χ2n) is 6.81. The van der Waals surface area contributed by atoms with Crippen molar-refractivity contribution in [1.29, 1.82) is 0 Å². The van der Waals surface area contributed by atoms with Crippen LogP contribution in [0, 0.1) is 5.92 Å². The molecular formula is C19H27N3O3. The van der Waals surface area contributed by atoms with Gasteiger partial charge in [-0.15, -0.1) is 0 Å². The summed E-state index contributed by atoms with van der Waals surface area (Å²) in [7, 11) is 0. The molecule has 0 saturated carbocycles. The summed E-state index contributed by atoms with van der Waals surface area (Å²) in [6.07, 6.45) is 3.61. The number of benzene rings is 1. The van der Waals surface area contributed by atoms with Crippen molar-refractivity contribution in [2.75, 3.05) is 32.8 Å². The first-order valence-corrected chi connectivity index (χ1v) is 9.19. The highest BCUT2D eigenvalue weighted by molar-refractivity contribution is 5.80. The van der Waals surface area contributed by atoms with Crippen molar-refractivity contribution in [1.82, 2.24) is 15.5 Å². The number of nitrogens with zero attached hydrogens (tertiary/aromatic N) is 1. The van der Waals surface area contributed by atoms with E-state index in [1.807, 2.05) is 30.3 Å². The minimum atomic E-state index is -0.0146. The predicted molar refractivity (Wildman–Crippen MR) is 95.3 cm³/mol. The second kappa shape index (κ2) is 8.85. The van der Waals surface area contributed by atoms with E-state index in [1.54, 1.807) is 4.90 Å². The second-order valence-corrected chi connectivity index (χ2v) is 6.81. The van der Waals surface area contributed by atoms with Gasteiger partial charge < -0.3 is 20.3 Å². The molecule has 136 valence electrons. The van der Waals surface area contributed by atoms with Gasteiger partial charge in [0.15, 0.2) is 6.61 Å². The molecule has 25 heavy (non-hydrogen) atoms. The molecule has 6 nitrogen and oxygen atoms in total. The molecule has 2 fully saturated rings. The average molecular weight is 345 g/mol. The molecule has 0 aliphatic carbocycles. The lowest BCUT2D eigenvalue weighted by Gasteiger charge is -2.32. The summed E-state index contributed by atoms with van der Waals surface area (Å²) in [6.45, 7) is 3.20. The third kappa shape index (κ3) is 5.19. The summed E-state index contributed by atoms with van der Waals surface area (Å²) in [6, 6.07) is 9.60. The van der Waals surface area contributed by atoms with E-state index in [-0.39, 0.29) is 30.4 Å². The van der Waals surface area contributed by atoms with E-state index in [4.69, 9.17) is 4.74 Å². The van der Waals surface area contributed by atoms with Gasteiger partial charge in [-0.2, -0.15) is 0 Å². The molecule has 1 aromatic rings. The standard InChI is InChI=1S/C19H27N3O3/c23-18(14-25-17-6-2-1-3-7-17)22-11-8-15(9-12-22)19(24)21-16-5-4-10-20-13-16/h1-3,6-7,15-16,20H,4-5,8-14H2,(H,21,24)/t16-/m0/s1. The van der Waals surface area contributed by atoms with Gasteiger partial charge in [0.05, 0.1) is 0 Å². The van der Waals surface area contributed by atoms with Crippen molar-refractivity contribution in [3.8, 4) is 5.75 Å². The van der Waals surface area contributed by atoms with Crippen molar-refractivity contribution < 1.29 is 14.3 Å². The molecule has 2 aliphatic rings. The zero-order valence-corrected chi connectivity index (χ0v) is 14.6. The summed E-state index contributed by atoms with van der Waals surface area (Å²) in [5, 5.41) is 6.46. The van der Waals surface area contributed by atoms with Gasteiger partial charge in [-0.25, -0.2) is 0 Å². The van der Waals surface area contributed by atoms with E-state index in [0.29, 0.717) is 18.8 Å². The van der Waals surface area contributed by atoms with Gasteiger partial charge in [-0.1, -0.05) is 18.2 Å². The first-order chi connectivity index (χ1) is 12.2. The minimum absolute atomic E-state index is 0.0146.